The Labute approximate surface area is 204 Å². The number of nitrogens with two attached hydrogens (primary N) is 1. The van der Waals surface area contributed by atoms with Gasteiger partial charge in [-0.15, -0.1) is 0 Å². The molecule has 3 aromatic carbocycles. The Morgan fingerprint density at radius 1 is 0.943 bits per heavy atom. The molecule has 0 aliphatic rings. The van der Waals surface area contributed by atoms with Gasteiger partial charge in [-0.05, 0) is 41.7 Å². The molecule has 0 bridgehead atoms. The van der Waals surface area contributed by atoms with E-state index in [9.17, 15) is 19.8 Å². The van der Waals surface area contributed by atoms with Crippen molar-refractivity contribution in [2.45, 2.75) is 31.3 Å². The number of carboxylic acid groups (broad SMARTS) is 1. The second-order valence-corrected chi connectivity index (χ2v) is 8.23. The van der Waals surface area contributed by atoms with Crippen LogP contribution < -0.4 is 11.1 Å². The molecule has 8 heteroatoms. The molecular weight excluding hydrogens is 444 g/mol. The number of nitrogens with one attached hydrogen (secondary N) is 2. The highest BCUT2D eigenvalue weighted by molar-refractivity contribution is 5.90. The molecule has 0 spiro atoms. The second kappa shape index (κ2) is 12.2. The zero-order valence-corrected chi connectivity index (χ0v) is 19.3. The Hall–Kier alpha value is -4.33. The summed E-state index contributed by atoms with van der Waals surface area (Å²) in [5.74, 6) is -2.33. The van der Waals surface area contributed by atoms with Crippen LogP contribution in [0.2, 0.25) is 0 Å². The van der Waals surface area contributed by atoms with Gasteiger partial charge < -0.3 is 26.2 Å². The molecule has 0 heterocycles. The van der Waals surface area contributed by atoms with Gasteiger partial charge in [0.25, 0.3) is 0 Å². The van der Waals surface area contributed by atoms with Crippen LogP contribution in [-0.4, -0.2) is 45.5 Å². The molecule has 35 heavy (non-hydrogen) atoms. The van der Waals surface area contributed by atoms with Gasteiger partial charge in [-0.1, -0.05) is 72.8 Å². The van der Waals surface area contributed by atoms with Gasteiger partial charge in [0.05, 0.1) is 5.92 Å². The van der Waals surface area contributed by atoms with Crippen LogP contribution >= 0.6 is 0 Å². The van der Waals surface area contributed by atoms with Gasteiger partial charge in [-0.25, -0.2) is 4.79 Å². The molecule has 8 nitrogen and oxygen atoms in total. The summed E-state index contributed by atoms with van der Waals surface area (Å²) in [6.07, 6.45) is 0.554. The lowest BCUT2D eigenvalue weighted by Crippen LogP contribution is -2.47. The first-order chi connectivity index (χ1) is 16.9. The highest BCUT2D eigenvalue weighted by Crippen LogP contribution is 2.29. The lowest BCUT2D eigenvalue weighted by atomic mass is 9.89. The third kappa shape index (κ3) is 7.07. The number of guanidine groups is 1. The number of amides is 1. The van der Waals surface area contributed by atoms with Crippen molar-refractivity contribution in [2.75, 3.05) is 6.54 Å². The van der Waals surface area contributed by atoms with E-state index in [4.69, 9.17) is 11.1 Å². The van der Waals surface area contributed by atoms with E-state index in [1.165, 1.54) is 17.0 Å². The molecule has 182 valence electrons. The minimum Gasteiger partial charge on any atom is -0.508 e. The fourth-order valence-electron chi connectivity index (χ4n) is 4.06. The number of carbonyl (C=O) groups is 2. The number of aliphatic carboxylic acids is 1. The van der Waals surface area contributed by atoms with Gasteiger partial charge in [-0.2, -0.15) is 0 Å². The number of hydrogen-bond donors (Lipinski definition) is 5. The third-order valence-corrected chi connectivity index (χ3v) is 5.69. The Kier molecular flexibility index (Phi) is 8.83. The van der Waals surface area contributed by atoms with Gasteiger partial charge >= 0.3 is 5.97 Å². The van der Waals surface area contributed by atoms with E-state index in [2.05, 4.69) is 5.32 Å². The number of phenols is 1. The number of carbonyl (C=O) groups excluding carboxylic acids is 1. The van der Waals surface area contributed by atoms with Crippen molar-refractivity contribution in [3.63, 3.8) is 0 Å². The largest absolute Gasteiger partial charge is 0.508 e. The van der Waals surface area contributed by atoms with Gasteiger partial charge in [0.2, 0.25) is 5.91 Å². The summed E-state index contributed by atoms with van der Waals surface area (Å²) in [4.78, 5) is 27.9. The predicted octanol–water partition coefficient (Wildman–Crippen LogP) is 3.27. The first-order valence-electron chi connectivity index (χ1n) is 11.4. The van der Waals surface area contributed by atoms with E-state index >= 15 is 0 Å². The first-order valence-corrected chi connectivity index (χ1v) is 11.4. The molecule has 1 atom stereocenters. The predicted molar refractivity (Wildman–Crippen MR) is 134 cm³/mol. The number of hydrogen-bond acceptors (Lipinski definition) is 4. The first kappa shape index (κ1) is 25.3. The van der Waals surface area contributed by atoms with E-state index in [-0.39, 0.29) is 30.6 Å². The molecule has 1 unspecified atom stereocenters. The van der Waals surface area contributed by atoms with Gasteiger partial charge in [0.1, 0.15) is 11.8 Å². The molecule has 0 aliphatic carbocycles. The van der Waals surface area contributed by atoms with Crippen LogP contribution in [0.1, 0.15) is 35.4 Å². The minimum atomic E-state index is -1.12. The van der Waals surface area contributed by atoms with Crippen LogP contribution in [0.25, 0.3) is 0 Å². The van der Waals surface area contributed by atoms with E-state index in [0.717, 1.165) is 11.1 Å². The van der Waals surface area contributed by atoms with Gasteiger partial charge in [0.15, 0.2) is 5.96 Å². The van der Waals surface area contributed by atoms with E-state index in [1.54, 1.807) is 12.1 Å². The molecular formula is C27H30N4O4. The number of nitrogens with zero attached hydrogens (tertiary/aromatic N) is 1. The molecule has 3 aromatic rings. The van der Waals surface area contributed by atoms with Crippen molar-refractivity contribution in [1.82, 2.24) is 10.2 Å². The van der Waals surface area contributed by atoms with Crippen LogP contribution in [0.3, 0.4) is 0 Å². The summed E-state index contributed by atoms with van der Waals surface area (Å²) in [5, 5.41) is 30.0. The number of rotatable bonds is 11. The molecule has 0 radical (unpaired) electrons. The summed E-state index contributed by atoms with van der Waals surface area (Å²) in [5.41, 5.74) is 7.46. The van der Waals surface area contributed by atoms with Crippen molar-refractivity contribution < 1.29 is 19.8 Å². The third-order valence-electron chi connectivity index (χ3n) is 5.69. The van der Waals surface area contributed by atoms with Crippen LogP contribution in [0.5, 0.6) is 5.75 Å². The van der Waals surface area contributed by atoms with Crippen LogP contribution in [-0.2, 0) is 16.1 Å². The number of benzene rings is 3. The topological polar surface area (TPSA) is 140 Å². The molecule has 0 saturated carbocycles. The monoisotopic (exact) mass is 474 g/mol. The summed E-state index contributed by atoms with van der Waals surface area (Å²) >= 11 is 0. The lowest BCUT2D eigenvalue weighted by molar-refractivity contribution is -0.151. The van der Waals surface area contributed by atoms with Crippen molar-refractivity contribution in [1.29, 1.82) is 5.41 Å². The number of carboxylic acids is 1. The van der Waals surface area contributed by atoms with E-state index < -0.39 is 17.9 Å². The quantitative estimate of drug-likeness (QED) is 0.164. The fraction of sp³-hybridized carbons (Fsp3) is 0.222. The van der Waals surface area contributed by atoms with Gasteiger partial charge in [-0.3, -0.25) is 10.2 Å². The van der Waals surface area contributed by atoms with E-state index in [0.29, 0.717) is 18.5 Å². The average Bonchev–Trinajstić information content (AvgIpc) is 2.84. The maximum Gasteiger partial charge on any atom is 0.326 e. The smallest absolute Gasteiger partial charge is 0.326 e. The lowest BCUT2D eigenvalue weighted by Gasteiger charge is -2.33. The van der Waals surface area contributed by atoms with Gasteiger partial charge in [0, 0.05) is 13.1 Å². The van der Waals surface area contributed by atoms with Crippen LogP contribution in [0.15, 0.2) is 84.9 Å². The van der Waals surface area contributed by atoms with Crippen molar-refractivity contribution >= 4 is 17.8 Å². The SMILES string of the molecule is N=C(N)NCCCC(C(=O)O)N(Cc1cccc(O)c1)C(=O)C(c1ccccc1)c1ccccc1. The second-order valence-electron chi connectivity index (χ2n) is 8.23. The number of aromatic hydroxyl groups is 1. The molecule has 0 aliphatic heterocycles. The minimum absolute atomic E-state index is 0.0144. The molecule has 0 fully saturated rings. The Morgan fingerprint density at radius 2 is 1.54 bits per heavy atom. The maximum absolute atomic E-state index is 14.2. The summed E-state index contributed by atoms with van der Waals surface area (Å²) in [6.45, 7) is 0.328. The number of phenolic OH excluding ortho intramolecular Hbond substituents is 1. The van der Waals surface area contributed by atoms with Crippen molar-refractivity contribution in [2.24, 2.45) is 5.73 Å². The molecule has 6 N–H and O–H groups in total. The zero-order valence-electron chi connectivity index (χ0n) is 19.3. The summed E-state index contributed by atoms with van der Waals surface area (Å²) in [6, 6.07) is 23.9. The molecule has 3 rings (SSSR count). The zero-order chi connectivity index (χ0) is 25.2. The normalized spacial score (nSPS) is 11.6. The fourth-order valence-corrected chi connectivity index (χ4v) is 4.06. The summed E-state index contributed by atoms with van der Waals surface area (Å²) in [7, 11) is 0. The van der Waals surface area contributed by atoms with Crippen molar-refractivity contribution in [3.05, 3.63) is 102 Å². The summed E-state index contributed by atoms with van der Waals surface area (Å²) < 4.78 is 0. The average molecular weight is 475 g/mol. The molecule has 0 saturated heterocycles. The highest BCUT2D eigenvalue weighted by Gasteiger charge is 2.35. The highest BCUT2D eigenvalue weighted by atomic mass is 16.4. The maximum atomic E-state index is 14.2. The van der Waals surface area contributed by atoms with Crippen LogP contribution in [0.4, 0.5) is 0 Å². The van der Waals surface area contributed by atoms with Crippen LogP contribution in [0, 0.1) is 5.41 Å². The van der Waals surface area contributed by atoms with E-state index in [1.807, 2.05) is 60.7 Å². The Balaban J connectivity index is 2.01. The molecule has 0 aromatic heterocycles. The Morgan fingerprint density at radius 3 is 2.06 bits per heavy atom. The molecule has 1 amide bonds. The van der Waals surface area contributed by atoms with Crippen molar-refractivity contribution in [3.8, 4) is 5.75 Å². The Bertz CT molecular complexity index is 1100. The standard InChI is InChI=1S/C27H30N4O4/c28-27(29)30-16-8-15-23(26(34)35)31(18-19-9-7-14-22(32)17-19)25(33)24(20-10-3-1-4-11-20)21-12-5-2-6-13-21/h1-7,9-14,17,23-24,32H,8,15-16,18H2,(H,34,35)(H4,28,29,30).